The maximum atomic E-state index is 5.08. The Morgan fingerprint density at radius 3 is 2.62 bits per heavy atom. The average Bonchev–Trinajstić information content (AvgIpc) is 3.04. The van der Waals surface area contributed by atoms with Gasteiger partial charge < -0.3 is 15.2 Å². The lowest BCUT2D eigenvalue weighted by molar-refractivity contribution is 0.238. The van der Waals surface area contributed by atoms with E-state index in [1.54, 1.807) is 14.0 Å². The summed E-state index contributed by atoms with van der Waals surface area (Å²) in [6, 6.07) is 11.0. The van der Waals surface area contributed by atoms with Crippen LogP contribution in [0.4, 0.5) is 0 Å². The number of nitrogens with zero attached hydrogens (tertiary/aromatic N) is 4. The molecule has 1 aromatic heterocycles. The van der Waals surface area contributed by atoms with Crippen LogP contribution in [0.5, 0.6) is 0 Å². The molecule has 0 spiro atoms. The van der Waals surface area contributed by atoms with Crippen LogP contribution in [-0.2, 0) is 13.1 Å². The lowest BCUT2D eigenvalue weighted by atomic mass is 10.1. The van der Waals surface area contributed by atoms with Crippen molar-refractivity contribution in [3.05, 3.63) is 47.6 Å². The Morgan fingerprint density at radius 2 is 2.00 bits per heavy atom. The van der Waals surface area contributed by atoms with Gasteiger partial charge in [-0.25, -0.2) is 0 Å². The molecule has 26 heavy (non-hydrogen) atoms. The molecule has 0 aliphatic carbocycles. The molecule has 0 saturated heterocycles. The fraction of sp³-hybridized carbons (Fsp3) is 0.500. The number of benzene rings is 1. The van der Waals surface area contributed by atoms with Gasteiger partial charge >= 0.3 is 0 Å². The molecule has 0 aliphatic heterocycles. The number of hydrogen-bond donors (Lipinski definition) is 2. The number of halogens is 1. The predicted molar refractivity (Wildman–Crippen MR) is 115 cm³/mol. The lowest BCUT2D eigenvalue weighted by Crippen LogP contribution is -2.39. The molecule has 2 aromatic rings. The number of aromatic nitrogens is 2. The lowest BCUT2D eigenvalue weighted by Gasteiger charge is -2.25. The first-order chi connectivity index (χ1) is 12.1. The van der Waals surface area contributed by atoms with Gasteiger partial charge in [-0.3, -0.25) is 9.89 Å². The molecule has 0 aliphatic rings. The van der Waals surface area contributed by atoms with E-state index in [4.69, 9.17) is 4.52 Å². The third kappa shape index (κ3) is 7.69. The third-order valence-electron chi connectivity index (χ3n) is 4.08. The zero-order valence-electron chi connectivity index (χ0n) is 15.9. The molecule has 0 bridgehead atoms. The first-order valence-corrected chi connectivity index (χ1v) is 8.56. The fourth-order valence-electron chi connectivity index (χ4n) is 2.44. The molecule has 7 nitrogen and oxygen atoms in total. The molecular formula is C18H29IN6O. The van der Waals surface area contributed by atoms with Gasteiger partial charge in [0.2, 0.25) is 5.89 Å². The second-order valence-corrected chi connectivity index (χ2v) is 6.13. The monoisotopic (exact) mass is 472 g/mol. The number of guanidine groups is 1. The van der Waals surface area contributed by atoms with Crippen LogP contribution in [-0.4, -0.2) is 47.7 Å². The summed E-state index contributed by atoms with van der Waals surface area (Å²) in [6.45, 7) is 6.29. The van der Waals surface area contributed by atoms with E-state index in [0.717, 1.165) is 25.5 Å². The summed E-state index contributed by atoms with van der Waals surface area (Å²) in [5.74, 6) is 1.92. The van der Waals surface area contributed by atoms with Gasteiger partial charge in [-0.2, -0.15) is 4.98 Å². The van der Waals surface area contributed by atoms with Crippen molar-refractivity contribution in [3.8, 4) is 0 Å². The summed E-state index contributed by atoms with van der Waals surface area (Å²) in [5.41, 5.74) is 1.33. The third-order valence-corrected chi connectivity index (χ3v) is 4.08. The van der Waals surface area contributed by atoms with Crippen LogP contribution in [0.2, 0.25) is 0 Å². The molecule has 1 atom stereocenters. The number of rotatable bonds is 8. The Balaban J connectivity index is 0.00000338. The van der Waals surface area contributed by atoms with E-state index in [1.165, 1.54) is 5.56 Å². The van der Waals surface area contributed by atoms with Crippen LogP contribution in [0.1, 0.15) is 30.6 Å². The van der Waals surface area contributed by atoms with E-state index in [0.29, 0.717) is 24.3 Å². The first kappa shape index (κ1) is 22.4. The van der Waals surface area contributed by atoms with Crippen LogP contribution in [0, 0.1) is 6.92 Å². The molecule has 0 amide bonds. The molecule has 0 radical (unpaired) electrons. The van der Waals surface area contributed by atoms with Gasteiger partial charge in [0.1, 0.15) is 0 Å². The van der Waals surface area contributed by atoms with Gasteiger partial charge in [0, 0.05) is 26.2 Å². The number of aliphatic imine (C=N–C) groups is 1. The molecule has 1 unspecified atom stereocenters. The number of hydrogen-bond acceptors (Lipinski definition) is 5. The van der Waals surface area contributed by atoms with E-state index in [1.807, 2.05) is 6.07 Å². The molecule has 144 valence electrons. The summed E-state index contributed by atoms with van der Waals surface area (Å²) in [4.78, 5) is 10.7. The summed E-state index contributed by atoms with van der Waals surface area (Å²) < 4.78 is 5.08. The van der Waals surface area contributed by atoms with Gasteiger partial charge in [0.25, 0.3) is 0 Å². The number of nitrogens with one attached hydrogen (secondary N) is 2. The highest BCUT2D eigenvalue weighted by atomic mass is 127. The second-order valence-electron chi connectivity index (χ2n) is 6.13. The minimum Gasteiger partial charge on any atom is -0.356 e. The molecular weight excluding hydrogens is 443 g/mol. The van der Waals surface area contributed by atoms with Crippen molar-refractivity contribution in [2.45, 2.75) is 39.4 Å². The van der Waals surface area contributed by atoms with E-state index >= 15 is 0 Å². The first-order valence-electron chi connectivity index (χ1n) is 8.56. The highest BCUT2D eigenvalue weighted by Gasteiger charge is 2.10. The quantitative estimate of drug-likeness (QED) is 0.350. The van der Waals surface area contributed by atoms with E-state index in [9.17, 15) is 0 Å². The summed E-state index contributed by atoms with van der Waals surface area (Å²) >= 11 is 0. The van der Waals surface area contributed by atoms with Gasteiger partial charge in [-0.05, 0) is 32.9 Å². The summed E-state index contributed by atoms with van der Waals surface area (Å²) in [7, 11) is 3.90. The van der Waals surface area contributed by atoms with Crippen LogP contribution in [0.3, 0.4) is 0 Å². The van der Waals surface area contributed by atoms with Gasteiger partial charge in [-0.1, -0.05) is 35.5 Å². The minimum absolute atomic E-state index is 0. The SMILES string of the molecule is CN=C(NCCC(C)N(C)Cc1ccccc1)NCc1nc(C)no1.I. The molecule has 0 fully saturated rings. The van der Waals surface area contributed by atoms with E-state index < -0.39 is 0 Å². The molecule has 1 aromatic carbocycles. The van der Waals surface area contributed by atoms with Crippen LogP contribution >= 0.6 is 24.0 Å². The molecule has 8 heteroatoms. The fourth-order valence-corrected chi connectivity index (χ4v) is 2.44. The molecule has 0 saturated carbocycles. The Morgan fingerprint density at radius 1 is 1.27 bits per heavy atom. The van der Waals surface area contributed by atoms with Crippen molar-refractivity contribution in [2.24, 2.45) is 4.99 Å². The second kappa shape index (κ2) is 11.8. The van der Waals surface area contributed by atoms with E-state index in [2.05, 4.69) is 68.9 Å². The zero-order valence-corrected chi connectivity index (χ0v) is 18.2. The maximum Gasteiger partial charge on any atom is 0.246 e. The smallest absolute Gasteiger partial charge is 0.246 e. The normalized spacial score (nSPS) is 12.6. The topological polar surface area (TPSA) is 78.6 Å². The molecule has 1 heterocycles. The summed E-state index contributed by atoms with van der Waals surface area (Å²) in [5, 5.41) is 10.3. The van der Waals surface area contributed by atoms with Gasteiger partial charge in [-0.15, -0.1) is 24.0 Å². The van der Waals surface area contributed by atoms with Crippen molar-refractivity contribution in [3.63, 3.8) is 0 Å². The van der Waals surface area contributed by atoms with Gasteiger partial charge in [0.05, 0.1) is 6.54 Å². The largest absolute Gasteiger partial charge is 0.356 e. The van der Waals surface area contributed by atoms with Gasteiger partial charge in [0.15, 0.2) is 11.8 Å². The van der Waals surface area contributed by atoms with Crippen LogP contribution < -0.4 is 10.6 Å². The average molecular weight is 472 g/mol. The number of aryl methyl sites for hydroxylation is 1. The van der Waals surface area contributed by atoms with Crippen molar-refractivity contribution in [1.82, 2.24) is 25.7 Å². The Bertz CT molecular complexity index is 661. The minimum atomic E-state index is 0. The predicted octanol–water partition coefficient (Wildman–Crippen LogP) is 2.57. The van der Waals surface area contributed by atoms with Crippen molar-refractivity contribution in [1.29, 1.82) is 0 Å². The van der Waals surface area contributed by atoms with Crippen molar-refractivity contribution < 1.29 is 4.52 Å². The zero-order chi connectivity index (χ0) is 18.1. The Kier molecular flexibility index (Phi) is 10.2. The highest BCUT2D eigenvalue weighted by Crippen LogP contribution is 2.07. The highest BCUT2D eigenvalue weighted by molar-refractivity contribution is 14.0. The van der Waals surface area contributed by atoms with Crippen LogP contribution in [0.15, 0.2) is 39.8 Å². The van der Waals surface area contributed by atoms with E-state index in [-0.39, 0.29) is 24.0 Å². The Hall–Kier alpha value is -1.68. The van der Waals surface area contributed by atoms with Crippen LogP contribution in [0.25, 0.3) is 0 Å². The standard InChI is InChI=1S/C18H28N6O.HI/c1-14(24(4)13-16-8-6-5-7-9-16)10-11-20-18(19-3)21-12-17-22-15(2)23-25-17;/h5-9,14H,10-13H2,1-4H3,(H2,19,20,21);1H. The van der Waals surface area contributed by atoms with Crippen molar-refractivity contribution >= 4 is 29.9 Å². The summed E-state index contributed by atoms with van der Waals surface area (Å²) in [6.07, 6.45) is 1.02. The van der Waals surface area contributed by atoms with Crippen molar-refractivity contribution in [2.75, 3.05) is 20.6 Å². The maximum absolute atomic E-state index is 5.08. The Labute approximate surface area is 172 Å². The molecule has 2 N–H and O–H groups in total. The molecule has 2 rings (SSSR count).